The van der Waals surface area contributed by atoms with E-state index in [1.54, 1.807) is 18.2 Å². The molecular weight excluding hydrogens is 280 g/mol. The number of nitrogens with one attached hydrogen (secondary N) is 1. The first-order chi connectivity index (χ1) is 10.5. The van der Waals surface area contributed by atoms with Gasteiger partial charge < -0.3 is 14.8 Å². The molecule has 0 bridgehead atoms. The summed E-state index contributed by atoms with van der Waals surface area (Å²) < 4.78 is 5.09. The third-order valence-electron chi connectivity index (χ3n) is 3.18. The number of hydrogen-bond acceptors (Lipinski definition) is 4. The smallest absolute Gasteiger partial charge is 0.345 e. The molecule has 0 fully saturated rings. The van der Waals surface area contributed by atoms with E-state index in [2.05, 4.69) is 9.97 Å². The molecule has 22 heavy (non-hydrogen) atoms. The highest BCUT2D eigenvalue weighted by molar-refractivity contribution is 5.69. The summed E-state index contributed by atoms with van der Waals surface area (Å²) in [6, 6.07) is 6.69. The van der Waals surface area contributed by atoms with Crippen LogP contribution in [0.2, 0.25) is 0 Å². The van der Waals surface area contributed by atoms with E-state index in [4.69, 9.17) is 4.74 Å². The molecule has 5 heteroatoms. The molecule has 1 aromatic carbocycles. The number of methoxy groups -OCH3 is 1. The van der Waals surface area contributed by atoms with Crippen molar-refractivity contribution in [2.45, 2.75) is 13.8 Å². The van der Waals surface area contributed by atoms with Gasteiger partial charge in [0.25, 0.3) is 0 Å². The minimum atomic E-state index is -0.423. The molecule has 0 saturated heterocycles. The molecular formula is C17H18N2O3. The molecule has 2 aromatic rings. The van der Waals surface area contributed by atoms with Gasteiger partial charge in [0.1, 0.15) is 0 Å². The lowest BCUT2D eigenvalue weighted by atomic mass is 10.1. The molecule has 0 aliphatic carbocycles. The van der Waals surface area contributed by atoms with Crippen LogP contribution in [-0.2, 0) is 0 Å². The van der Waals surface area contributed by atoms with Gasteiger partial charge >= 0.3 is 5.69 Å². The van der Waals surface area contributed by atoms with Gasteiger partial charge in [-0.2, -0.15) is 4.98 Å². The molecule has 2 N–H and O–H groups in total. The van der Waals surface area contributed by atoms with Crippen LogP contribution in [0, 0.1) is 0 Å². The first kappa shape index (κ1) is 15.6. The Kier molecular flexibility index (Phi) is 4.78. The number of aromatic amines is 1. The predicted molar refractivity (Wildman–Crippen MR) is 87.0 cm³/mol. The van der Waals surface area contributed by atoms with Crippen LogP contribution < -0.4 is 10.4 Å². The van der Waals surface area contributed by atoms with Gasteiger partial charge in [0, 0.05) is 5.56 Å². The number of benzene rings is 1. The second kappa shape index (κ2) is 6.76. The molecule has 0 atom stereocenters. The molecule has 0 unspecified atom stereocenters. The second-order valence-corrected chi connectivity index (χ2v) is 4.75. The zero-order chi connectivity index (χ0) is 16.1. The first-order valence-corrected chi connectivity index (χ1v) is 6.84. The minimum Gasteiger partial charge on any atom is -0.504 e. The van der Waals surface area contributed by atoms with Crippen molar-refractivity contribution < 1.29 is 9.84 Å². The molecule has 0 spiro atoms. The standard InChI is InChI=1S/C17H18N2O3/c1-4-5-6-11(2)13-10-14(19-17(21)18-13)12-7-8-15(20)16(9-12)22-3/h4-10,20H,1-3H3,(H,18,19,21)/b5-4-,11-6+. The average molecular weight is 298 g/mol. The van der Waals surface area contributed by atoms with E-state index in [9.17, 15) is 9.90 Å². The summed E-state index contributed by atoms with van der Waals surface area (Å²) >= 11 is 0. The maximum atomic E-state index is 11.8. The molecule has 0 saturated carbocycles. The van der Waals surface area contributed by atoms with Crippen molar-refractivity contribution in [2.24, 2.45) is 0 Å². The third kappa shape index (κ3) is 3.44. The second-order valence-electron chi connectivity index (χ2n) is 4.75. The summed E-state index contributed by atoms with van der Waals surface area (Å²) in [6.45, 7) is 3.81. The Bertz CT molecular complexity index is 789. The van der Waals surface area contributed by atoms with Crippen LogP contribution in [-0.4, -0.2) is 22.2 Å². The van der Waals surface area contributed by atoms with Gasteiger partial charge in [-0.1, -0.05) is 18.2 Å². The van der Waals surface area contributed by atoms with Crippen molar-refractivity contribution in [1.29, 1.82) is 0 Å². The molecule has 0 amide bonds. The lowest BCUT2D eigenvalue weighted by Crippen LogP contribution is -2.13. The third-order valence-corrected chi connectivity index (χ3v) is 3.18. The van der Waals surface area contributed by atoms with E-state index >= 15 is 0 Å². The van der Waals surface area contributed by atoms with Gasteiger partial charge in [-0.25, -0.2) is 4.79 Å². The first-order valence-electron chi connectivity index (χ1n) is 6.84. The molecule has 1 heterocycles. The zero-order valence-corrected chi connectivity index (χ0v) is 12.8. The number of nitrogens with zero attached hydrogens (tertiary/aromatic N) is 1. The maximum absolute atomic E-state index is 11.8. The molecule has 0 aliphatic rings. The summed E-state index contributed by atoms with van der Waals surface area (Å²) in [5, 5.41) is 9.65. The van der Waals surface area contributed by atoms with E-state index in [-0.39, 0.29) is 5.75 Å². The summed E-state index contributed by atoms with van der Waals surface area (Å²) in [5.41, 5.74) is 2.41. The Morgan fingerprint density at radius 3 is 2.82 bits per heavy atom. The SMILES string of the molecule is C/C=C\C=C(/C)c1cc(-c2ccc(O)c(OC)c2)[nH]c(=O)n1. The van der Waals surface area contributed by atoms with Gasteiger partial charge in [-0.3, -0.25) is 0 Å². The number of H-pyrrole nitrogens is 1. The van der Waals surface area contributed by atoms with E-state index in [0.717, 1.165) is 11.1 Å². The van der Waals surface area contributed by atoms with Crippen LogP contribution in [0.25, 0.3) is 16.8 Å². The molecule has 5 nitrogen and oxygen atoms in total. The van der Waals surface area contributed by atoms with Gasteiger partial charge in [0.15, 0.2) is 11.5 Å². The van der Waals surface area contributed by atoms with Crippen LogP contribution in [0.5, 0.6) is 11.5 Å². The molecule has 0 radical (unpaired) electrons. The van der Waals surface area contributed by atoms with Crippen LogP contribution in [0.1, 0.15) is 19.5 Å². The van der Waals surface area contributed by atoms with Crippen molar-refractivity contribution in [2.75, 3.05) is 7.11 Å². The maximum Gasteiger partial charge on any atom is 0.345 e. The van der Waals surface area contributed by atoms with Crippen molar-refractivity contribution in [3.05, 3.63) is 58.7 Å². The van der Waals surface area contributed by atoms with Crippen LogP contribution in [0.4, 0.5) is 0 Å². The predicted octanol–water partition coefficient (Wildman–Crippen LogP) is 3.13. The fourth-order valence-electron chi connectivity index (χ4n) is 1.99. The van der Waals surface area contributed by atoms with Gasteiger partial charge in [0.2, 0.25) is 0 Å². The lowest BCUT2D eigenvalue weighted by molar-refractivity contribution is 0.373. The molecule has 2 rings (SSSR count). The highest BCUT2D eigenvalue weighted by atomic mass is 16.5. The zero-order valence-electron chi connectivity index (χ0n) is 12.8. The number of phenols is 1. The Morgan fingerprint density at radius 2 is 2.14 bits per heavy atom. The highest BCUT2D eigenvalue weighted by Gasteiger charge is 2.08. The summed E-state index contributed by atoms with van der Waals surface area (Å²) in [6.07, 6.45) is 5.69. The fourth-order valence-corrected chi connectivity index (χ4v) is 1.99. The molecule has 0 aliphatic heterocycles. The van der Waals surface area contributed by atoms with E-state index in [1.807, 2.05) is 32.1 Å². The lowest BCUT2D eigenvalue weighted by Gasteiger charge is -2.08. The van der Waals surface area contributed by atoms with Crippen molar-refractivity contribution in [1.82, 2.24) is 9.97 Å². The van der Waals surface area contributed by atoms with E-state index in [1.165, 1.54) is 13.2 Å². The van der Waals surface area contributed by atoms with Crippen molar-refractivity contribution >= 4 is 5.57 Å². The average Bonchev–Trinajstić information content (AvgIpc) is 2.52. The number of rotatable bonds is 4. The van der Waals surface area contributed by atoms with Gasteiger partial charge in [-0.15, -0.1) is 0 Å². The fraction of sp³-hybridized carbons (Fsp3) is 0.176. The van der Waals surface area contributed by atoms with Crippen LogP contribution in [0.3, 0.4) is 0 Å². The highest BCUT2D eigenvalue weighted by Crippen LogP contribution is 2.30. The quantitative estimate of drug-likeness (QED) is 0.850. The summed E-state index contributed by atoms with van der Waals surface area (Å²) in [4.78, 5) is 18.5. The van der Waals surface area contributed by atoms with Crippen molar-refractivity contribution in [3.63, 3.8) is 0 Å². The van der Waals surface area contributed by atoms with Gasteiger partial charge in [-0.05, 0) is 43.7 Å². The summed E-state index contributed by atoms with van der Waals surface area (Å²) in [7, 11) is 1.48. The number of hydrogen-bond donors (Lipinski definition) is 2. The number of allylic oxidation sites excluding steroid dienone is 4. The minimum absolute atomic E-state index is 0.0482. The Balaban J connectivity index is 2.53. The van der Waals surface area contributed by atoms with Crippen molar-refractivity contribution in [3.8, 4) is 22.8 Å². The number of aromatic hydroxyl groups is 1. The largest absolute Gasteiger partial charge is 0.504 e. The van der Waals surface area contributed by atoms with E-state index in [0.29, 0.717) is 17.1 Å². The van der Waals surface area contributed by atoms with Gasteiger partial charge in [0.05, 0.1) is 18.5 Å². The Hall–Kier alpha value is -2.82. The topological polar surface area (TPSA) is 75.2 Å². The number of aromatic nitrogens is 2. The molecule has 1 aromatic heterocycles. The number of phenolic OH excluding ortho intramolecular Hbond substituents is 1. The Labute approximate surface area is 128 Å². The van der Waals surface area contributed by atoms with E-state index < -0.39 is 5.69 Å². The number of ether oxygens (including phenoxy) is 1. The summed E-state index contributed by atoms with van der Waals surface area (Å²) in [5.74, 6) is 0.393. The normalized spacial score (nSPS) is 11.9. The van der Waals surface area contributed by atoms with Crippen LogP contribution in [0.15, 0.2) is 47.3 Å². The Morgan fingerprint density at radius 1 is 1.36 bits per heavy atom. The monoisotopic (exact) mass is 298 g/mol. The van der Waals surface area contributed by atoms with Crippen LogP contribution >= 0.6 is 0 Å². The molecule has 114 valence electrons.